The van der Waals surface area contributed by atoms with E-state index in [1.807, 2.05) is 35.4 Å². The second-order valence-electron chi connectivity index (χ2n) is 7.44. The highest BCUT2D eigenvalue weighted by molar-refractivity contribution is 6.30. The van der Waals surface area contributed by atoms with Crippen LogP contribution in [0.25, 0.3) is 0 Å². The van der Waals surface area contributed by atoms with E-state index < -0.39 is 0 Å². The maximum atomic E-state index is 12.6. The van der Waals surface area contributed by atoms with Crippen LogP contribution in [-0.2, 0) is 24.2 Å². The zero-order valence-corrected chi connectivity index (χ0v) is 16.2. The van der Waals surface area contributed by atoms with Crippen LogP contribution in [0.4, 0.5) is 0 Å². The van der Waals surface area contributed by atoms with Crippen molar-refractivity contribution in [3.63, 3.8) is 0 Å². The van der Waals surface area contributed by atoms with Crippen LogP contribution in [0.3, 0.4) is 0 Å². The number of aryl methyl sites for hydroxylation is 1. The van der Waals surface area contributed by atoms with Gasteiger partial charge in [0.05, 0.1) is 5.69 Å². The van der Waals surface area contributed by atoms with E-state index in [1.54, 1.807) is 0 Å². The number of fused-ring (bicyclic) bond motifs is 1. The lowest BCUT2D eigenvalue weighted by Gasteiger charge is -2.29. The normalized spacial score (nSPS) is 19.6. The number of amides is 1. The summed E-state index contributed by atoms with van der Waals surface area (Å²) >= 11 is 6.02. The maximum Gasteiger partial charge on any atom is 0.223 e. The molecule has 0 spiro atoms. The van der Waals surface area contributed by atoms with E-state index in [4.69, 9.17) is 16.6 Å². The van der Waals surface area contributed by atoms with Crippen LogP contribution in [0, 0.1) is 0 Å². The molecule has 0 radical (unpaired) electrons. The minimum Gasteiger partial charge on any atom is -0.338 e. The van der Waals surface area contributed by atoms with Crippen LogP contribution in [0.5, 0.6) is 0 Å². The molecule has 4 rings (SSSR count). The number of carbonyl (C=O) groups excluding carboxylic acids is 1. The van der Waals surface area contributed by atoms with Crippen molar-refractivity contribution in [1.29, 1.82) is 0 Å². The average molecular weight is 385 g/mol. The highest BCUT2D eigenvalue weighted by atomic mass is 35.5. The monoisotopic (exact) mass is 384 g/mol. The van der Waals surface area contributed by atoms with Crippen molar-refractivity contribution in [2.45, 2.75) is 44.6 Å². The summed E-state index contributed by atoms with van der Waals surface area (Å²) in [5.74, 6) is 1.56. The number of benzene rings is 1. The van der Waals surface area contributed by atoms with Gasteiger partial charge in [0.15, 0.2) is 0 Å². The molecule has 1 saturated heterocycles. The molecule has 0 saturated carbocycles. The Morgan fingerprint density at radius 2 is 2.30 bits per heavy atom. The number of piperidine rings is 1. The number of hydrogen-bond acceptors (Lipinski definition) is 4. The lowest BCUT2D eigenvalue weighted by atomic mass is 9.98. The molecule has 1 aromatic carbocycles. The molecule has 2 aliphatic heterocycles. The van der Waals surface area contributed by atoms with Gasteiger partial charge in [0.1, 0.15) is 5.82 Å². The largest absolute Gasteiger partial charge is 0.338 e. The second kappa shape index (κ2) is 8.36. The number of nitrogens with zero attached hydrogens (tertiary/aromatic N) is 3. The van der Waals surface area contributed by atoms with E-state index in [2.05, 4.69) is 10.3 Å². The van der Waals surface area contributed by atoms with Gasteiger partial charge in [-0.15, -0.1) is 0 Å². The van der Waals surface area contributed by atoms with Crippen molar-refractivity contribution >= 4 is 17.5 Å². The lowest BCUT2D eigenvalue weighted by Crippen LogP contribution is -2.37. The van der Waals surface area contributed by atoms with Gasteiger partial charge in [0.25, 0.3) is 0 Å². The molecule has 2 aliphatic rings. The molecule has 1 atom stereocenters. The number of nitrogens with one attached hydrogen (secondary N) is 1. The first-order chi connectivity index (χ1) is 13.2. The molecule has 5 nitrogen and oxygen atoms in total. The second-order valence-corrected chi connectivity index (χ2v) is 7.88. The minimum atomic E-state index is 0.182. The number of aromatic nitrogens is 2. The van der Waals surface area contributed by atoms with Crippen LogP contribution in [0.2, 0.25) is 5.02 Å². The molecule has 1 N–H and O–H groups in total. The molecule has 0 aliphatic carbocycles. The van der Waals surface area contributed by atoms with Gasteiger partial charge >= 0.3 is 0 Å². The molecule has 142 valence electrons. The molecule has 6 heteroatoms. The molecular formula is C21H25ClN4O. The van der Waals surface area contributed by atoms with E-state index in [-0.39, 0.29) is 5.91 Å². The Morgan fingerprint density at radius 3 is 3.11 bits per heavy atom. The molecule has 1 amide bonds. The maximum absolute atomic E-state index is 12.6. The summed E-state index contributed by atoms with van der Waals surface area (Å²) in [4.78, 5) is 24.0. The third kappa shape index (κ3) is 4.47. The van der Waals surface area contributed by atoms with Crippen molar-refractivity contribution in [2.75, 3.05) is 19.6 Å². The number of rotatable bonds is 4. The zero-order valence-electron chi connectivity index (χ0n) is 15.5. The first kappa shape index (κ1) is 18.4. The number of carbonyl (C=O) groups is 1. The molecule has 27 heavy (non-hydrogen) atoms. The van der Waals surface area contributed by atoms with Gasteiger partial charge in [-0.1, -0.05) is 23.7 Å². The molecular weight excluding hydrogens is 360 g/mol. The Labute approximate surface area is 165 Å². The van der Waals surface area contributed by atoms with Crippen LogP contribution in [-0.4, -0.2) is 40.4 Å². The summed E-state index contributed by atoms with van der Waals surface area (Å²) in [5, 5.41) is 4.14. The molecule has 0 bridgehead atoms. The van der Waals surface area contributed by atoms with Crippen LogP contribution < -0.4 is 5.32 Å². The lowest BCUT2D eigenvalue weighted by molar-refractivity contribution is -0.132. The SMILES string of the molecule is O=C(CCc1cccc(Cl)c1)N1CCc2nc(C3CCCNC3)ncc2C1. The van der Waals surface area contributed by atoms with Gasteiger partial charge in [-0.25, -0.2) is 9.97 Å². The molecule has 3 heterocycles. The summed E-state index contributed by atoms with van der Waals surface area (Å²) < 4.78 is 0. The Morgan fingerprint density at radius 1 is 1.37 bits per heavy atom. The topological polar surface area (TPSA) is 58.1 Å². The number of halogens is 1. The fourth-order valence-electron chi connectivity index (χ4n) is 3.92. The van der Waals surface area contributed by atoms with E-state index in [0.717, 1.165) is 55.1 Å². The summed E-state index contributed by atoms with van der Waals surface area (Å²) in [5.41, 5.74) is 3.30. The number of hydrogen-bond donors (Lipinski definition) is 1. The van der Waals surface area contributed by atoms with Crippen molar-refractivity contribution < 1.29 is 4.79 Å². The van der Waals surface area contributed by atoms with Crippen LogP contribution in [0.1, 0.15) is 47.8 Å². The summed E-state index contributed by atoms with van der Waals surface area (Å²) in [6.07, 6.45) is 6.30. The fourth-order valence-corrected chi connectivity index (χ4v) is 4.13. The predicted octanol–water partition coefficient (Wildman–Crippen LogP) is 3.11. The van der Waals surface area contributed by atoms with Gasteiger partial charge in [0, 0.05) is 55.2 Å². The van der Waals surface area contributed by atoms with Gasteiger partial charge in [0.2, 0.25) is 5.91 Å². The highest BCUT2D eigenvalue weighted by Gasteiger charge is 2.24. The first-order valence-corrected chi connectivity index (χ1v) is 10.1. The third-order valence-corrected chi connectivity index (χ3v) is 5.72. The quantitative estimate of drug-likeness (QED) is 0.879. The fraction of sp³-hybridized carbons (Fsp3) is 0.476. The molecule has 1 fully saturated rings. The van der Waals surface area contributed by atoms with E-state index in [0.29, 0.717) is 30.3 Å². The Balaban J connectivity index is 1.37. The summed E-state index contributed by atoms with van der Waals surface area (Å²) in [6.45, 7) is 3.41. The van der Waals surface area contributed by atoms with Crippen molar-refractivity contribution in [3.05, 3.63) is 58.1 Å². The average Bonchev–Trinajstić information content (AvgIpc) is 2.72. The van der Waals surface area contributed by atoms with E-state index >= 15 is 0 Å². The van der Waals surface area contributed by atoms with Crippen molar-refractivity contribution in [3.8, 4) is 0 Å². The standard InChI is InChI=1S/C21H25ClN4O/c22-18-5-1-3-15(11-18)6-7-20(27)26-10-8-19-17(14-26)13-24-21(25-19)16-4-2-9-23-12-16/h1,3,5,11,13,16,23H,2,4,6-10,12,14H2. The first-order valence-electron chi connectivity index (χ1n) is 9.76. The summed E-state index contributed by atoms with van der Waals surface area (Å²) in [6, 6.07) is 7.72. The van der Waals surface area contributed by atoms with E-state index in [9.17, 15) is 4.79 Å². The minimum absolute atomic E-state index is 0.182. The van der Waals surface area contributed by atoms with Gasteiger partial charge in [-0.05, 0) is 43.5 Å². The van der Waals surface area contributed by atoms with Gasteiger partial charge in [-0.2, -0.15) is 0 Å². The highest BCUT2D eigenvalue weighted by Crippen LogP contribution is 2.23. The van der Waals surface area contributed by atoms with Gasteiger partial charge in [-0.3, -0.25) is 4.79 Å². The molecule has 1 aromatic heterocycles. The molecule has 1 unspecified atom stereocenters. The smallest absolute Gasteiger partial charge is 0.223 e. The van der Waals surface area contributed by atoms with Crippen molar-refractivity contribution in [1.82, 2.24) is 20.2 Å². The Bertz CT molecular complexity index is 820. The molecule has 2 aromatic rings. The van der Waals surface area contributed by atoms with Crippen LogP contribution in [0.15, 0.2) is 30.5 Å². The van der Waals surface area contributed by atoms with E-state index in [1.165, 1.54) is 6.42 Å². The van der Waals surface area contributed by atoms with Crippen molar-refractivity contribution in [2.24, 2.45) is 0 Å². The summed E-state index contributed by atoms with van der Waals surface area (Å²) in [7, 11) is 0. The van der Waals surface area contributed by atoms with Crippen LogP contribution >= 0.6 is 11.6 Å². The Hall–Kier alpha value is -1.98. The van der Waals surface area contributed by atoms with Gasteiger partial charge < -0.3 is 10.2 Å². The Kier molecular flexibility index (Phi) is 5.69. The predicted molar refractivity (Wildman–Crippen MR) is 106 cm³/mol. The zero-order chi connectivity index (χ0) is 18.6. The third-order valence-electron chi connectivity index (χ3n) is 5.48.